The molecule has 0 saturated heterocycles. The van der Waals surface area contributed by atoms with E-state index in [1.54, 1.807) is 12.4 Å². The highest BCUT2D eigenvalue weighted by atomic mass is 14.8. The lowest BCUT2D eigenvalue weighted by Crippen LogP contribution is -1.94. The van der Waals surface area contributed by atoms with Crippen LogP contribution in [0, 0.1) is 0 Å². The maximum atomic E-state index is 4.85. The molecule has 132 valence electrons. The summed E-state index contributed by atoms with van der Waals surface area (Å²) in [4.78, 5) is 13.9. The topological polar surface area (TPSA) is 38.7 Å². The summed E-state index contributed by atoms with van der Waals surface area (Å²) in [5.74, 6) is 0. The normalized spacial score (nSPS) is 10.9. The van der Waals surface area contributed by atoms with Gasteiger partial charge in [0.15, 0.2) is 0 Å². The minimum Gasteiger partial charge on any atom is -0.255 e. The number of pyridine rings is 3. The highest BCUT2D eigenvalue weighted by Crippen LogP contribution is 2.33. The summed E-state index contributed by atoms with van der Waals surface area (Å²) < 4.78 is 0. The van der Waals surface area contributed by atoms with Crippen LogP contribution >= 0.6 is 0 Å². The molecule has 0 aliphatic carbocycles. The third-order valence-corrected chi connectivity index (χ3v) is 4.78. The molecule has 0 aliphatic rings. The number of rotatable bonds is 3. The van der Waals surface area contributed by atoms with Gasteiger partial charge in [0.2, 0.25) is 0 Å². The fourth-order valence-electron chi connectivity index (χ4n) is 3.45. The Kier molecular flexibility index (Phi) is 4.11. The third-order valence-electron chi connectivity index (χ3n) is 4.78. The van der Waals surface area contributed by atoms with Gasteiger partial charge in [-0.1, -0.05) is 54.6 Å². The maximum absolute atomic E-state index is 4.85. The fraction of sp³-hybridized carbons (Fsp3) is 0. The standard InChI is InChI=1S/C25H17N3/c1-2-10-20-18(8-1)9-7-11-21(20)19-16-24(22-12-3-5-14-26-22)28-25(17-19)23-13-4-6-15-27-23/h1-17H. The second-order valence-electron chi connectivity index (χ2n) is 6.58. The lowest BCUT2D eigenvalue weighted by Gasteiger charge is -2.11. The molecular weight excluding hydrogens is 342 g/mol. The molecule has 0 spiro atoms. The zero-order valence-corrected chi connectivity index (χ0v) is 15.2. The van der Waals surface area contributed by atoms with Crippen molar-refractivity contribution >= 4 is 10.8 Å². The first kappa shape index (κ1) is 16.3. The predicted molar refractivity (Wildman–Crippen MR) is 114 cm³/mol. The molecule has 3 heteroatoms. The Balaban J connectivity index is 1.78. The molecule has 3 heterocycles. The summed E-state index contributed by atoms with van der Waals surface area (Å²) >= 11 is 0. The second kappa shape index (κ2) is 7.05. The largest absolute Gasteiger partial charge is 0.255 e. The molecule has 0 atom stereocenters. The zero-order chi connectivity index (χ0) is 18.8. The molecule has 0 aliphatic heterocycles. The van der Waals surface area contributed by atoms with Gasteiger partial charge in [-0.15, -0.1) is 0 Å². The van der Waals surface area contributed by atoms with E-state index in [2.05, 4.69) is 64.6 Å². The van der Waals surface area contributed by atoms with Crippen LogP contribution in [0.15, 0.2) is 103 Å². The summed E-state index contributed by atoms with van der Waals surface area (Å²) in [5.41, 5.74) is 5.66. The van der Waals surface area contributed by atoms with Crippen LogP contribution in [0.25, 0.3) is 44.7 Å². The lowest BCUT2D eigenvalue weighted by atomic mass is 9.97. The number of hydrogen-bond acceptors (Lipinski definition) is 3. The molecule has 5 aromatic rings. The average molecular weight is 359 g/mol. The minimum absolute atomic E-state index is 0.840. The van der Waals surface area contributed by atoms with E-state index in [1.807, 2.05) is 36.4 Å². The van der Waals surface area contributed by atoms with Crippen LogP contribution in [0.2, 0.25) is 0 Å². The summed E-state index contributed by atoms with van der Waals surface area (Å²) in [7, 11) is 0. The van der Waals surface area contributed by atoms with Gasteiger partial charge in [0.1, 0.15) is 0 Å². The minimum atomic E-state index is 0.840. The van der Waals surface area contributed by atoms with Crippen molar-refractivity contribution in [2.24, 2.45) is 0 Å². The SMILES string of the molecule is c1ccc(-c2cc(-c3cccc4ccccc34)cc(-c3ccccn3)n2)nc1. The van der Waals surface area contributed by atoms with E-state index in [1.165, 1.54) is 16.3 Å². The summed E-state index contributed by atoms with van der Waals surface area (Å²) in [6.45, 7) is 0. The summed E-state index contributed by atoms with van der Waals surface area (Å²) in [6.07, 6.45) is 3.59. The van der Waals surface area contributed by atoms with Crippen LogP contribution in [0.3, 0.4) is 0 Å². The molecular formula is C25H17N3. The summed E-state index contributed by atoms with van der Waals surface area (Å²) in [5, 5.41) is 2.44. The molecule has 0 bridgehead atoms. The van der Waals surface area contributed by atoms with Crippen LogP contribution in [0.4, 0.5) is 0 Å². The Morgan fingerprint density at radius 3 is 1.75 bits per heavy atom. The van der Waals surface area contributed by atoms with Crippen molar-refractivity contribution in [3.05, 3.63) is 103 Å². The third kappa shape index (κ3) is 3.03. The number of nitrogens with zero attached hydrogens (tertiary/aromatic N) is 3. The van der Waals surface area contributed by atoms with Crippen molar-refractivity contribution in [3.63, 3.8) is 0 Å². The quantitative estimate of drug-likeness (QED) is 0.395. The van der Waals surface area contributed by atoms with Crippen LogP contribution < -0.4 is 0 Å². The van der Waals surface area contributed by atoms with Crippen molar-refractivity contribution in [2.45, 2.75) is 0 Å². The molecule has 3 aromatic heterocycles. The van der Waals surface area contributed by atoms with Gasteiger partial charge >= 0.3 is 0 Å². The monoisotopic (exact) mass is 359 g/mol. The van der Waals surface area contributed by atoms with E-state index in [-0.39, 0.29) is 0 Å². The van der Waals surface area contributed by atoms with Crippen LogP contribution in [0.5, 0.6) is 0 Å². The predicted octanol–water partition coefficient (Wildman–Crippen LogP) is 6.03. The second-order valence-corrected chi connectivity index (χ2v) is 6.58. The van der Waals surface area contributed by atoms with Gasteiger partial charge in [-0.2, -0.15) is 0 Å². The Morgan fingerprint density at radius 2 is 1.11 bits per heavy atom. The van der Waals surface area contributed by atoms with Crippen molar-refractivity contribution in [1.29, 1.82) is 0 Å². The molecule has 28 heavy (non-hydrogen) atoms. The molecule has 5 rings (SSSR count). The number of aromatic nitrogens is 3. The van der Waals surface area contributed by atoms with Crippen molar-refractivity contribution < 1.29 is 0 Å². The molecule has 0 unspecified atom stereocenters. The summed E-state index contributed by atoms with van der Waals surface area (Å²) in [6, 6.07) is 30.8. The molecule has 0 radical (unpaired) electrons. The first-order valence-electron chi connectivity index (χ1n) is 9.21. The Bertz CT molecular complexity index is 1190. The van der Waals surface area contributed by atoms with E-state index in [0.29, 0.717) is 0 Å². The van der Waals surface area contributed by atoms with E-state index >= 15 is 0 Å². The molecule has 0 fully saturated rings. The van der Waals surface area contributed by atoms with Gasteiger partial charge in [-0.25, -0.2) is 4.98 Å². The van der Waals surface area contributed by atoms with E-state index < -0.39 is 0 Å². The highest BCUT2D eigenvalue weighted by molar-refractivity contribution is 5.97. The van der Waals surface area contributed by atoms with Gasteiger partial charge in [0, 0.05) is 12.4 Å². The van der Waals surface area contributed by atoms with Gasteiger partial charge in [-0.05, 0) is 58.3 Å². The van der Waals surface area contributed by atoms with Crippen LogP contribution in [-0.2, 0) is 0 Å². The molecule has 3 nitrogen and oxygen atoms in total. The number of fused-ring (bicyclic) bond motifs is 1. The average Bonchev–Trinajstić information content (AvgIpc) is 2.79. The maximum Gasteiger partial charge on any atom is 0.0900 e. The number of benzene rings is 2. The highest BCUT2D eigenvalue weighted by Gasteiger charge is 2.11. The van der Waals surface area contributed by atoms with E-state index in [4.69, 9.17) is 4.98 Å². The van der Waals surface area contributed by atoms with Crippen molar-refractivity contribution in [3.8, 4) is 33.9 Å². The van der Waals surface area contributed by atoms with Gasteiger partial charge < -0.3 is 0 Å². The first-order valence-corrected chi connectivity index (χ1v) is 9.21. The molecule has 0 N–H and O–H groups in total. The van der Waals surface area contributed by atoms with Gasteiger partial charge in [-0.3, -0.25) is 9.97 Å². The van der Waals surface area contributed by atoms with Crippen molar-refractivity contribution in [1.82, 2.24) is 15.0 Å². The Labute approximate surface area is 163 Å². The smallest absolute Gasteiger partial charge is 0.0900 e. The molecule has 0 saturated carbocycles. The van der Waals surface area contributed by atoms with Crippen LogP contribution in [0.1, 0.15) is 0 Å². The van der Waals surface area contributed by atoms with Gasteiger partial charge in [0.05, 0.1) is 22.8 Å². The fourth-order valence-corrected chi connectivity index (χ4v) is 3.45. The van der Waals surface area contributed by atoms with Gasteiger partial charge in [0.25, 0.3) is 0 Å². The van der Waals surface area contributed by atoms with E-state index in [9.17, 15) is 0 Å². The Hall–Kier alpha value is -3.85. The Morgan fingerprint density at radius 1 is 0.500 bits per heavy atom. The van der Waals surface area contributed by atoms with E-state index in [0.717, 1.165) is 28.3 Å². The zero-order valence-electron chi connectivity index (χ0n) is 15.2. The lowest BCUT2D eigenvalue weighted by molar-refractivity contribution is 1.22. The number of hydrogen-bond donors (Lipinski definition) is 0. The first-order chi connectivity index (χ1) is 13.9. The van der Waals surface area contributed by atoms with Crippen molar-refractivity contribution in [2.75, 3.05) is 0 Å². The molecule has 2 aromatic carbocycles. The van der Waals surface area contributed by atoms with Crippen LogP contribution in [-0.4, -0.2) is 15.0 Å². The molecule has 0 amide bonds.